The van der Waals surface area contributed by atoms with Crippen molar-refractivity contribution in [2.45, 2.75) is 20.0 Å². The number of hydrogen-bond acceptors (Lipinski definition) is 2. The Balaban J connectivity index is 2.70. The van der Waals surface area contributed by atoms with Crippen molar-refractivity contribution in [2.24, 2.45) is 5.92 Å². The van der Waals surface area contributed by atoms with Crippen LogP contribution in [-0.4, -0.2) is 11.3 Å². The molecule has 0 saturated carbocycles. The number of nitrogens with one attached hydrogen (secondary N) is 1. The lowest BCUT2D eigenvalue weighted by molar-refractivity contribution is 0.128. The van der Waals surface area contributed by atoms with Crippen molar-refractivity contribution in [3.05, 3.63) is 47.5 Å². The molecule has 2 N–H and O–H groups in total. The van der Waals surface area contributed by atoms with E-state index in [1.54, 1.807) is 0 Å². The summed E-state index contributed by atoms with van der Waals surface area (Å²) in [7, 11) is 0. The fourth-order valence-corrected chi connectivity index (χ4v) is 2.09. The summed E-state index contributed by atoms with van der Waals surface area (Å²) in [5, 5.41) is 19.7. The van der Waals surface area contributed by atoms with Crippen molar-refractivity contribution in [1.82, 2.24) is 0 Å². The van der Waals surface area contributed by atoms with Crippen LogP contribution in [0.4, 0.5) is 0 Å². The van der Waals surface area contributed by atoms with E-state index in [4.69, 9.17) is 5.41 Å². The Morgan fingerprint density at radius 1 is 1.06 bits per heavy atom. The van der Waals surface area contributed by atoms with Crippen LogP contribution >= 0.6 is 0 Å². The Morgan fingerprint density at radius 3 is 2.29 bits per heavy atom. The van der Waals surface area contributed by atoms with Crippen molar-refractivity contribution in [1.29, 1.82) is 5.41 Å². The van der Waals surface area contributed by atoms with Gasteiger partial charge in [-0.3, -0.25) is 0 Å². The van der Waals surface area contributed by atoms with E-state index >= 15 is 0 Å². The second-order valence-corrected chi connectivity index (χ2v) is 4.62. The number of aliphatic hydroxyl groups is 1. The quantitative estimate of drug-likeness (QED) is 0.774. The number of aliphatic hydroxyl groups excluding tert-OH is 1. The summed E-state index contributed by atoms with van der Waals surface area (Å²) in [5.41, 5.74) is 1.83. The first kappa shape index (κ1) is 11.8. The van der Waals surface area contributed by atoms with Crippen molar-refractivity contribution in [2.75, 3.05) is 0 Å². The lowest BCUT2D eigenvalue weighted by atomic mass is 9.92. The van der Waals surface area contributed by atoms with Crippen LogP contribution in [0.25, 0.3) is 10.8 Å². The molecule has 0 heterocycles. The van der Waals surface area contributed by atoms with Crippen LogP contribution in [0.2, 0.25) is 0 Å². The van der Waals surface area contributed by atoms with Crippen molar-refractivity contribution >= 4 is 17.0 Å². The molecule has 0 aromatic heterocycles. The highest BCUT2D eigenvalue weighted by atomic mass is 16.3. The van der Waals surface area contributed by atoms with Crippen LogP contribution in [0, 0.1) is 11.3 Å². The maximum atomic E-state index is 10.2. The van der Waals surface area contributed by atoms with Crippen molar-refractivity contribution in [3.63, 3.8) is 0 Å². The third kappa shape index (κ3) is 2.08. The maximum absolute atomic E-state index is 10.2. The summed E-state index contributed by atoms with van der Waals surface area (Å²) in [6.07, 6.45) is 0.896. The van der Waals surface area contributed by atoms with Crippen molar-refractivity contribution < 1.29 is 5.11 Å². The van der Waals surface area contributed by atoms with E-state index in [1.165, 1.54) is 6.21 Å². The van der Waals surface area contributed by atoms with Gasteiger partial charge in [0, 0.05) is 6.21 Å². The highest BCUT2D eigenvalue weighted by molar-refractivity contribution is 6.00. The Hall–Kier alpha value is -1.67. The standard InChI is InChI=1S/C15H17NO/c1-10(2)15(17)14-8-7-11(9-16)12-5-3-4-6-13(12)14/h3-10,15-17H,1-2H3. The highest BCUT2D eigenvalue weighted by Crippen LogP contribution is 2.30. The molecule has 1 unspecified atom stereocenters. The largest absolute Gasteiger partial charge is 0.388 e. The minimum absolute atomic E-state index is 0.184. The van der Waals surface area contributed by atoms with Gasteiger partial charge in [0.1, 0.15) is 0 Å². The SMILES string of the molecule is CC(C)C(O)c1ccc(C=N)c2ccccc12. The lowest BCUT2D eigenvalue weighted by Gasteiger charge is -2.18. The van der Waals surface area contributed by atoms with Crippen molar-refractivity contribution in [3.8, 4) is 0 Å². The van der Waals surface area contributed by atoms with Crippen LogP contribution in [0.1, 0.15) is 31.1 Å². The Bertz CT molecular complexity index is 546. The van der Waals surface area contributed by atoms with Gasteiger partial charge in [0.25, 0.3) is 0 Å². The molecule has 17 heavy (non-hydrogen) atoms. The molecule has 2 rings (SSSR count). The van der Waals surface area contributed by atoms with Crippen LogP contribution in [-0.2, 0) is 0 Å². The first-order valence-corrected chi connectivity index (χ1v) is 5.85. The van der Waals surface area contributed by atoms with Gasteiger partial charge in [-0.1, -0.05) is 50.2 Å². The van der Waals surface area contributed by atoms with E-state index in [0.717, 1.165) is 21.9 Å². The molecule has 88 valence electrons. The summed E-state index contributed by atoms with van der Waals surface area (Å²) in [6, 6.07) is 11.7. The first-order chi connectivity index (χ1) is 8.15. The van der Waals surface area contributed by atoms with E-state index in [1.807, 2.05) is 50.2 Å². The molecule has 0 radical (unpaired) electrons. The number of rotatable bonds is 3. The zero-order valence-electron chi connectivity index (χ0n) is 10.1. The van der Waals surface area contributed by atoms with Crippen LogP contribution in [0.3, 0.4) is 0 Å². The van der Waals surface area contributed by atoms with Gasteiger partial charge in [0.15, 0.2) is 0 Å². The van der Waals surface area contributed by atoms with Gasteiger partial charge < -0.3 is 10.5 Å². The molecule has 2 aromatic carbocycles. The second-order valence-electron chi connectivity index (χ2n) is 4.62. The number of benzene rings is 2. The van der Waals surface area contributed by atoms with Gasteiger partial charge in [-0.25, -0.2) is 0 Å². The van der Waals surface area contributed by atoms with Gasteiger partial charge in [-0.05, 0) is 27.8 Å². The topological polar surface area (TPSA) is 44.1 Å². The third-order valence-corrected chi connectivity index (χ3v) is 3.10. The summed E-state index contributed by atoms with van der Waals surface area (Å²) >= 11 is 0. The summed E-state index contributed by atoms with van der Waals surface area (Å²) < 4.78 is 0. The fourth-order valence-electron chi connectivity index (χ4n) is 2.09. The fraction of sp³-hybridized carbons (Fsp3) is 0.267. The van der Waals surface area contributed by atoms with Gasteiger partial charge in [-0.2, -0.15) is 0 Å². The molecule has 2 aromatic rings. The third-order valence-electron chi connectivity index (χ3n) is 3.10. The molecule has 0 spiro atoms. The van der Waals surface area contributed by atoms with Gasteiger partial charge in [0.2, 0.25) is 0 Å². The van der Waals surface area contributed by atoms with Gasteiger partial charge >= 0.3 is 0 Å². The first-order valence-electron chi connectivity index (χ1n) is 5.85. The van der Waals surface area contributed by atoms with E-state index in [2.05, 4.69) is 0 Å². The minimum atomic E-state index is -0.459. The minimum Gasteiger partial charge on any atom is -0.388 e. The summed E-state index contributed by atoms with van der Waals surface area (Å²) in [6.45, 7) is 4.01. The van der Waals surface area contributed by atoms with Crippen LogP contribution < -0.4 is 0 Å². The van der Waals surface area contributed by atoms with E-state index in [0.29, 0.717) is 0 Å². The predicted octanol–water partition coefficient (Wildman–Crippen LogP) is 3.53. The lowest BCUT2D eigenvalue weighted by Crippen LogP contribution is -2.06. The summed E-state index contributed by atoms with van der Waals surface area (Å²) in [4.78, 5) is 0. The second kappa shape index (κ2) is 4.68. The average Bonchev–Trinajstić information content (AvgIpc) is 2.36. The Kier molecular flexibility index (Phi) is 3.25. The molecule has 0 saturated heterocycles. The normalized spacial score (nSPS) is 12.9. The number of hydrogen-bond donors (Lipinski definition) is 2. The molecule has 0 fully saturated rings. The molecule has 0 aliphatic rings. The zero-order chi connectivity index (χ0) is 12.4. The van der Waals surface area contributed by atoms with Gasteiger partial charge in [0.05, 0.1) is 6.10 Å². The molecule has 2 nitrogen and oxygen atoms in total. The molecule has 0 aliphatic heterocycles. The van der Waals surface area contributed by atoms with E-state index in [9.17, 15) is 5.11 Å². The molecule has 2 heteroatoms. The highest BCUT2D eigenvalue weighted by Gasteiger charge is 2.15. The maximum Gasteiger partial charge on any atom is 0.0818 e. The molecule has 0 bridgehead atoms. The zero-order valence-corrected chi connectivity index (χ0v) is 10.1. The summed E-state index contributed by atoms with van der Waals surface area (Å²) in [5.74, 6) is 0.184. The van der Waals surface area contributed by atoms with Crippen LogP contribution in [0.15, 0.2) is 36.4 Å². The van der Waals surface area contributed by atoms with E-state index in [-0.39, 0.29) is 5.92 Å². The average molecular weight is 227 g/mol. The molecule has 0 aliphatic carbocycles. The van der Waals surface area contributed by atoms with E-state index < -0.39 is 6.10 Å². The predicted molar refractivity (Wildman–Crippen MR) is 71.6 cm³/mol. The Morgan fingerprint density at radius 2 is 1.71 bits per heavy atom. The number of fused-ring (bicyclic) bond motifs is 1. The molecular weight excluding hydrogens is 210 g/mol. The van der Waals surface area contributed by atoms with Gasteiger partial charge in [-0.15, -0.1) is 0 Å². The van der Waals surface area contributed by atoms with Crippen LogP contribution in [0.5, 0.6) is 0 Å². The Labute approximate surface area is 101 Å². The molecular formula is C15H17NO. The molecule has 0 amide bonds. The molecule has 1 atom stereocenters. The monoisotopic (exact) mass is 227 g/mol. The smallest absolute Gasteiger partial charge is 0.0818 e.